The van der Waals surface area contributed by atoms with Crippen molar-refractivity contribution >= 4 is 23.5 Å². The van der Waals surface area contributed by atoms with Crippen LogP contribution in [0.25, 0.3) is 11.5 Å². The number of aromatic nitrogens is 2. The summed E-state index contributed by atoms with van der Waals surface area (Å²) in [5.74, 6) is 2.39. The van der Waals surface area contributed by atoms with Gasteiger partial charge in [0.1, 0.15) is 0 Å². The summed E-state index contributed by atoms with van der Waals surface area (Å²) in [6.07, 6.45) is 3.80. The van der Waals surface area contributed by atoms with Crippen LogP contribution in [0, 0.1) is 5.92 Å². The molecule has 0 aliphatic rings. The molecule has 1 N–H and O–H groups in total. The summed E-state index contributed by atoms with van der Waals surface area (Å²) in [5, 5.41) is 17.6. The number of aliphatic hydroxyl groups excluding tert-OH is 1. The second-order valence-electron chi connectivity index (χ2n) is 6.12. The highest BCUT2D eigenvalue weighted by molar-refractivity contribution is 7.98. The van der Waals surface area contributed by atoms with E-state index in [0.717, 1.165) is 11.3 Å². The van der Waals surface area contributed by atoms with Crippen LogP contribution in [-0.4, -0.2) is 39.7 Å². The molecule has 6 heteroatoms. The van der Waals surface area contributed by atoms with Gasteiger partial charge in [-0.25, -0.2) is 0 Å². The molecule has 0 bridgehead atoms. The van der Waals surface area contributed by atoms with Crippen LogP contribution in [0.15, 0.2) is 33.9 Å². The van der Waals surface area contributed by atoms with Crippen molar-refractivity contribution in [1.29, 1.82) is 0 Å². The highest BCUT2D eigenvalue weighted by Gasteiger charge is 2.08. The van der Waals surface area contributed by atoms with Gasteiger partial charge in [-0.2, -0.15) is 11.8 Å². The lowest BCUT2D eigenvalue weighted by Gasteiger charge is -2.11. The molecular formula is C18H28N2O2S2. The molecule has 0 saturated heterocycles. The molecule has 0 spiro atoms. The van der Waals surface area contributed by atoms with Crippen molar-refractivity contribution in [3.8, 4) is 11.5 Å². The minimum Gasteiger partial charge on any atom is -0.411 e. The number of thioether (sulfide) groups is 2. The largest absolute Gasteiger partial charge is 0.411 e. The van der Waals surface area contributed by atoms with Gasteiger partial charge in [0.25, 0.3) is 5.22 Å². The fourth-order valence-corrected chi connectivity index (χ4v) is 2.79. The Balaban J connectivity index is 0.000000307. The highest BCUT2D eigenvalue weighted by atomic mass is 32.2. The van der Waals surface area contributed by atoms with Crippen LogP contribution in [0.2, 0.25) is 0 Å². The first-order valence-corrected chi connectivity index (χ1v) is 10.7. The molecule has 134 valence electrons. The van der Waals surface area contributed by atoms with Gasteiger partial charge in [0.2, 0.25) is 5.89 Å². The van der Waals surface area contributed by atoms with Crippen LogP contribution in [0.3, 0.4) is 0 Å². The molecule has 1 aromatic carbocycles. The Morgan fingerprint density at radius 1 is 1.04 bits per heavy atom. The van der Waals surface area contributed by atoms with Crippen molar-refractivity contribution in [3.05, 3.63) is 29.8 Å². The SMILES string of the molecule is CSCC(O)C(C)C.CSc1nnc(-c2ccc(C(C)C)cc2)o1. The molecule has 2 rings (SSSR count). The fraction of sp³-hybridized carbons (Fsp3) is 0.556. The van der Waals surface area contributed by atoms with Gasteiger partial charge in [0, 0.05) is 11.3 Å². The minimum atomic E-state index is -0.120. The molecule has 0 amide bonds. The van der Waals surface area contributed by atoms with Crippen molar-refractivity contribution < 1.29 is 9.52 Å². The zero-order chi connectivity index (χ0) is 18.1. The Labute approximate surface area is 153 Å². The van der Waals surface area contributed by atoms with Gasteiger partial charge in [-0.1, -0.05) is 51.6 Å². The summed E-state index contributed by atoms with van der Waals surface area (Å²) >= 11 is 3.14. The third-order valence-corrected chi connectivity index (χ3v) is 4.70. The molecular weight excluding hydrogens is 340 g/mol. The van der Waals surface area contributed by atoms with Gasteiger partial charge in [-0.05, 0) is 42.0 Å². The van der Waals surface area contributed by atoms with E-state index in [-0.39, 0.29) is 6.10 Å². The van der Waals surface area contributed by atoms with Crippen LogP contribution in [0.1, 0.15) is 39.2 Å². The van der Waals surface area contributed by atoms with Crippen LogP contribution < -0.4 is 0 Å². The molecule has 1 aromatic heterocycles. The normalized spacial score (nSPS) is 12.2. The maximum Gasteiger partial charge on any atom is 0.276 e. The van der Waals surface area contributed by atoms with Crippen molar-refractivity contribution in [2.75, 3.05) is 18.3 Å². The number of nitrogens with zero attached hydrogens (tertiary/aromatic N) is 2. The zero-order valence-corrected chi connectivity index (χ0v) is 16.9. The monoisotopic (exact) mass is 368 g/mol. The summed E-state index contributed by atoms with van der Waals surface area (Å²) < 4.78 is 5.46. The quantitative estimate of drug-likeness (QED) is 0.728. The smallest absolute Gasteiger partial charge is 0.276 e. The third kappa shape index (κ3) is 6.87. The van der Waals surface area contributed by atoms with Crippen molar-refractivity contribution in [3.63, 3.8) is 0 Å². The molecule has 0 aliphatic heterocycles. The van der Waals surface area contributed by atoms with Crippen molar-refractivity contribution in [2.24, 2.45) is 5.92 Å². The summed E-state index contributed by atoms with van der Waals surface area (Å²) in [6, 6.07) is 8.24. The Kier molecular flexibility index (Phi) is 9.48. The second-order valence-corrected chi connectivity index (χ2v) is 7.79. The van der Waals surface area contributed by atoms with Crippen LogP contribution in [0.5, 0.6) is 0 Å². The lowest BCUT2D eigenvalue weighted by molar-refractivity contribution is 0.149. The van der Waals surface area contributed by atoms with Gasteiger partial charge < -0.3 is 9.52 Å². The van der Waals surface area contributed by atoms with Crippen LogP contribution >= 0.6 is 23.5 Å². The summed E-state index contributed by atoms with van der Waals surface area (Å²) in [6.45, 7) is 8.41. The van der Waals surface area contributed by atoms with Crippen LogP contribution in [0.4, 0.5) is 0 Å². The average Bonchev–Trinajstić information content (AvgIpc) is 3.05. The number of benzene rings is 1. The molecule has 2 aromatic rings. The minimum absolute atomic E-state index is 0.120. The lowest BCUT2D eigenvalue weighted by Crippen LogP contribution is -2.16. The zero-order valence-electron chi connectivity index (χ0n) is 15.3. The van der Waals surface area contributed by atoms with Gasteiger partial charge in [-0.15, -0.1) is 10.2 Å². The highest BCUT2D eigenvalue weighted by Crippen LogP contribution is 2.23. The molecule has 1 unspecified atom stereocenters. The first-order chi connectivity index (χ1) is 11.4. The van der Waals surface area contributed by atoms with E-state index in [4.69, 9.17) is 9.52 Å². The second kappa shape index (κ2) is 10.8. The topological polar surface area (TPSA) is 59.2 Å². The summed E-state index contributed by atoms with van der Waals surface area (Å²) in [7, 11) is 0. The number of hydrogen-bond donors (Lipinski definition) is 1. The molecule has 24 heavy (non-hydrogen) atoms. The number of rotatable bonds is 6. The molecule has 0 fully saturated rings. The molecule has 4 nitrogen and oxygen atoms in total. The maximum atomic E-state index is 9.11. The number of hydrogen-bond acceptors (Lipinski definition) is 6. The average molecular weight is 369 g/mol. The van der Waals surface area contributed by atoms with Gasteiger partial charge in [0.15, 0.2) is 0 Å². The van der Waals surface area contributed by atoms with E-state index in [1.165, 1.54) is 17.3 Å². The summed E-state index contributed by atoms with van der Waals surface area (Å²) in [4.78, 5) is 0. The van der Waals surface area contributed by atoms with E-state index < -0.39 is 0 Å². The predicted molar refractivity (Wildman–Crippen MR) is 105 cm³/mol. The fourth-order valence-electron chi connectivity index (χ4n) is 1.78. The van der Waals surface area contributed by atoms with Crippen molar-refractivity contribution in [1.82, 2.24) is 10.2 Å². The van der Waals surface area contributed by atoms with Crippen molar-refractivity contribution in [2.45, 2.75) is 44.9 Å². The van der Waals surface area contributed by atoms with E-state index in [9.17, 15) is 0 Å². The third-order valence-electron chi connectivity index (χ3n) is 3.51. The Hall–Kier alpha value is -0.980. The lowest BCUT2D eigenvalue weighted by atomic mass is 10.0. The predicted octanol–water partition coefficient (Wildman–Crippen LogP) is 4.95. The number of aliphatic hydroxyl groups is 1. The summed E-state index contributed by atoms with van der Waals surface area (Å²) in [5.41, 5.74) is 2.28. The van der Waals surface area contributed by atoms with E-state index in [0.29, 0.717) is 22.9 Å². The Bertz CT molecular complexity index is 583. The standard InChI is InChI=1S/C12H14N2OS.C6H14OS/c1-8(2)9-4-6-10(7-5-9)11-13-14-12(15-11)16-3;1-5(2)6(7)4-8-3/h4-8H,1-3H3;5-7H,4H2,1-3H3. The van der Waals surface area contributed by atoms with E-state index in [2.05, 4.69) is 36.2 Å². The first-order valence-electron chi connectivity index (χ1n) is 8.03. The molecule has 0 saturated carbocycles. The molecule has 1 atom stereocenters. The van der Waals surface area contributed by atoms with E-state index >= 15 is 0 Å². The van der Waals surface area contributed by atoms with E-state index in [1.54, 1.807) is 11.8 Å². The Morgan fingerprint density at radius 3 is 2.04 bits per heavy atom. The molecule has 0 aliphatic carbocycles. The molecule has 0 radical (unpaired) electrons. The van der Waals surface area contributed by atoms with Gasteiger partial charge >= 0.3 is 0 Å². The van der Waals surface area contributed by atoms with E-state index in [1.807, 2.05) is 38.5 Å². The van der Waals surface area contributed by atoms with Gasteiger partial charge in [-0.3, -0.25) is 0 Å². The molecule has 1 heterocycles. The van der Waals surface area contributed by atoms with Crippen LogP contribution in [-0.2, 0) is 0 Å². The first kappa shape index (κ1) is 21.1. The Morgan fingerprint density at radius 2 is 1.67 bits per heavy atom. The van der Waals surface area contributed by atoms with Gasteiger partial charge in [0.05, 0.1) is 6.10 Å². The maximum absolute atomic E-state index is 9.11.